The van der Waals surface area contributed by atoms with Gasteiger partial charge in [0.2, 0.25) is 0 Å². The molecule has 13 heavy (non-hydrogen) atoms. The number of halogens is 1. The zero-order valence-electron chi connectivity index (χ0n) is 7.63. The van der Waals surface area contributed by atoms with Crippen LogP contribution in [-0.2, 0) is 0 Å². The molecule has 0 amide bonds. The lowest BCUT2D eigenvalue weighted by atomic mass is 10.2. The summed E-state index contributed by atoms with van der Waals surface area (Å²) in [6, 6.07) is 4.36. The van der Waals surface area contributed by atoms with Gasteiger partial charge in [-0.2, -0.15) is 0 Å². The van der Waals surface area contributed by atoms with Crippen LogP contribution >= 0.6 is 11.6 Å². The fraction of sp³-hybridized carbons (Fsp3) is 0.500. The second-order valence-corrected chi connectivity index (χ2v) is 4.02. The second-order valence-electron chi connectivity index (χ2n) is 3.64. The minimum atomic E-state index is 0.549. The number of nitrogens with one attached hydrogen (secondary N) is 1. The van der Waals surface area contributed by atoms with Crippen LogP contribution in [0.5, 0.6) is 0 Å². The highest BCUT2D eigenvalue weighted by Gasteiger charge is 2.27. The fourth-order valence-electron chi connectivity index (χ4n) is 1.47. The van der Waals surface area contributed by atoms with E-state index in [1.165, 1.54) is 12.8 Å². The van der Waals surface area contributed by atoms with Crippen LogP contribution in [0.25, 0.3) is 0 Å². The van der Waals surface area contributed by atoms with Crippen LogP contribution in [0.15, 0.2) is 18.3 Å². The van der Waals surface area contributed by atoms with Crippen molar-refractivity contribution in [1.29, 1.82) is 0 Å². The number of aromatic nitrogens is 1. The van der Waals surface area contributed by atoms with E-state index in [1.54, 1.807) is 6.20 Å². The van der Waals surface area contributed by atoms with Crippen LogP contribution in [0, 0.1) is 5.92 Å². The van der Waals surface area contributed by atoms with Gasteiger partial charge in [-0.3, -0.25) is 0 Å². The van der Waals surface area contributed by atoms with Crippen molar-refractivity contribution in [1.82, 2.24) is 4.98 Å². The number of nitrogens with zero attached hydrogens (tertiary/aromatic N) is 1. The lowest BCUT2D eigenvalue weighted by Crippen LogP contribution is -2.17. The number of pyridine rings is 1. The molecule has 0 radical (unpaired) electrons. The van der Waals surface area contributed by atoms with Gasteiger partial charge in [-0.1, -0.05) is 11.6 Å². The van der Waals surface area contributed by atoms with Crippen molar-refractivity contribution in [2.75, 3.05) is 5.32 Å². The molecule has 1 atom stereocenters. The molecule has 3 heteroatoms. The maximum Gasteiger partial charge on any atom is 0.131 e. The van der Waals surface area contributed by atoms with E-state index in [4.69, 9.17) is 11.6 Å². The summed E-state index contributed by atoms with van der Waals surface area (Å²) in [4.78, 5) is 3.93. The van der Waals surface area contributed by atoms with Crippen molar-refractivity contribution in [2.24, 2.45) is 5.92 Å². The largest absolute Gasteiger partial charge is 0.382 e. The lowest BCUT2D eigenvalue weighted by molar-refractivity contribution is 0.694. The zero-order chi connectivity index (χ0) is 9.26. The Kier molecular flexibility index (Phi) is 2.40. The molecule has 0 aliphatic heterocycles. The average Bonchev–Trinajstić information content (AvgIpc) is 2.85. The predicted octanol–water partition coefficient (Wildman–Crippen LogP) is 2.95. The molecule has 2 nitrogen and oxygen atoms in total. The maximum atomic E-state index is 5.77. The van der Waals surface area contributed by atoms with Gasteiger partial charge < -0.3 is 5.32 Å². The number of anilines is 1. The van der Waals surface area contributed by atoms with Crippen LogP contribution in [0.2, 0.25) is 5.15 Å². The van der Waals surface area contributed by atoms with Gasteiger partial charge in [-0.25, -0.2) is 4.98 Å². The van der Waals surface area contributed by atoms with Crippen LogP contribution in [0.4, 0.5) is 5.69 Å². The van der Waals surface area contributed by atoms with E-state index in [1.807, 2.05) is 12.1 Å². The number of rotatable bonds is 3. The van der Waals surface area contributed by atoms with Crippen molar-refractivity contribution in [3.63, 3.8) is 0 Å². The molecular formula is C10H13ClN2. The molecule has 1 N–H and O–H groups in total. The average molecular weight is 197 g/mol. The Balaban J connectivity index is 2.00. The van der Waals surface area contributed by atoms with Crippen LogP contribution in [-0.4, -0.2) is 11.0 Å². The van der Waals surface area contributed by atoms with Gasteiger partial charge in [-0.05, 0) is 37.8 Å². The number of hydrogen-bond acceptors (Lipinski definition) is 2. The summed E-state index contributed by atoms with van der Waals surface area (Å²) in [5.74, 6) is 0.854. The first-order chi connectivity index (χ1) is 6.25. The minimum absolute atomic E-state index is 0.549. The normalized spacial score (nSPS) is 18.3. The quantitative estimate of drug-likeness (QED) is 0.752. The third-order valence-corrected chi connectivity index (χ3v) is 2.66. The molecular weight excluding hydrogens is 184 g/mol. The zero-order valence-corrected chi connectivity index (χ0v) is 8.38. The highest BCUT2D eigenvalue weighted by Crippen LogP contribution is 2.33. The van der Waals surface area contributed by atoms with E-state index in [2.05, 4.69) is 17.2 Å². The van der Waals surface area contributed by atoms with Crippen molar-refractivity contribution < 1.29 is 0 Å². The lowest BCUT2D eigenvalue weighted by Gasteiger charge is -2.13. The molecule has 0 spiro atoms. The van der Waals surface area contributed by atoms with Crippen molar-refractivity contribution in [3.05, 3.63) is 23.5 Å². The molecule has 0 unspecified atom stereocenters. The first kappa shape index (κ1) is 8.82. The summed E-state index contributed by atoms with van der Waals surface area (Å²) >= 11 is 5.77. The summed E-state index contributed by atoms with van der Waals surface area (Å²) < 4.78 is 0. The van der Waals surface area contributed by atoms with Gasteiger partial charge in [0.05, 0.1) is 0 Å². The Morgan fingerprint density at radius 1 is 1.62 bits per heavy atom. The molecule has 1 fully saturated rings. The highest BCUT2D eigenvalue weighted by molar-refractivity contribution is 6.29. The molecule has 1 aliphatic carbocycles. The van der Waals surface area contributed by atoms with E-state index in [0.717, 1.165) is 11.6 Å². The maximum absolute atomic E-state index is 5.77. The topological polar surface area (TPSA) is 24.9 Å². The Morgan fingerprint density at radius 2 is 2.38 bits per heavy atom. The van der Waals surface area contributed by atoms with E-state index in [-0.39, 0.29) is 0 Å². The van der Waals surface area contributed by atoms with Crippen molar-refractivity contribution >= 4 is 17.3 Å². The molecule has 1 aromatic heterocycles. The smallest absolute Gasteiger partial charge is 0.131 e. The van der Waals surface area contributed by atoms with E-state index in [9.17, 15) is 0 Å². The Hall–Kier alpha value is -0.760. The minimum Gasteiger partial charge on any atom is -0.382 e. The Morgan fingerprint density at radius 3 is 3.00 bits per heavy atom. The first-order valence-electron chi connectivity index (χ1n) is 4.64. The molecule has 1 saturated carbocycles. The van der Waals surface area contributed by atoms with Gasteiger partial charge in [0.25, 0.3) is 0 Å². The summed E-state index contributed by atoms with van der Waals surface area (Å²) in [5, 5.41) is 3.97. The third kappa shape index (κ3) is 2.34. The summed E-state index contributed by atoms with van der Waals surface area (Å²) in [5.41, 5.74) is 1.07. The molecule has 0 bridgehead atoms. The van der Waals surface area contributed by atoms with Gasteiger partial charge in [0, 0.05) is 17.9 Å². The summed E-state index contributed by atoms with van der Waals surface area (Å²) in [7, 11) is 0. The standard InChI is InChI=1S/C10H13ClN2/c1-7(8-2-3-8)13-9-4-5-12-10(11)6-9/h4-8H,2-3H2,1H3,(H,12,13)/t7-/m0/s1. The van der Waals surface area contributed by atoms with Gasteiger partial charge in [0.15, 0.2) is 0 Å². The molecule has 2 rings (SSSR count). The molecule has 0 saturated heterocycles. The first-order valence-corrected chi connectivity index (χ1v) is 5.01. The predicted molar refractivity (Wildman–Crippen MR) is 55.1 cm³/mol. The Labute approximate surface area is 83.3 Å². The number of hydrogen-bond donors (Lipinski definition) is 1. The second kappa shape index (κ2) is 3.54. The molecule has 1 heterocycles. The van der Waals surface area contributed by atoms with Gasteiger partial charge in [0.1, 0.15) is 5.15 Å². The monoisotopic (exact) mass is 196 g/mol. The van der Waals surface area contributed by atoms with Crippen LogP contribution in [0.3, 0.4) is 0 Å². The third-order valence-electron chi connectivity index (χ3n) is 2.45. The van der Waals surface area contributed by atoms with Crippen LogP contribution < -0.4 is 5.32 Å². The summed E-state index contributed by atoms with van der Waals surface area (Å²) in [6.45, 7) is 2.21. The summed E-state index contributed by atoms with van der Waals surface area (Å²) in [6.07, 6.45) is 4.43. The molecule has 1 aromatic rings. The van der Waals surface area contributed by atoms with Gasteiger partial charge in [-0.15, -0.1) is 0 Å². The van der Waals surface area contributed by atoms with E-state index < -0.39 is 0 Å². The van der Waals surface area contributed by atoms with Crippen molar-refractivity contribution in [3.8, 4) is 0 Å². The van der Waals surface area contributed by atoms with E-state index in [0.29, 0.717) is 11.2 Å². The fourth-order valence-corrected chi connectivity index (χ4v) is 1.64. The molecule has 1 aliphatic rings. The SMILES string of the molecule is C[C@H](Nc1ccnc(Cl)c1)C1CC1. The Bertz CT molecular complexity index is 297. The van der Waals surface area contributed by atoms with Gasteiger partial charge >= 0.3 is 0 Å². The van der Waals surface area contributed by atoms with E-state index >= 15 is 0 Å². The molecule has 70 valence electrons. The van der Waals surface area contributed by atoms with Crippen molar-refractivity contribution in [2.45, 2.75) is 25.8 Å². The highest BCUT2D eigenvalue weighted by atomic mass is 35.5. The van der Waals surface area contributed by atoms with Crippen LogP contribution in [0.1, 0.15) is 19.8 Å². The molecule has 0 aromatic carbocycles.